The molecule has 0 saturated carbocycles. The summed E-state index contributed by atoms with van der Waals surface area (Å²) in [7, 11) is 3.27. The minimum absolute atomic E-state index is 0.0151. The van der Waals surface area contributed by atoms with Gasteiger partial charge in [-0.2, -0.15) is 0 Å². The topological polar surface area (TPSA) is 67.3 Å². The highest BCUT2D eigenvalue weighted by molar-refractivity contribution is 7.80. The molecule has 2 fully saturated rings. The number of aromatic hydroxyl groups is 1. The maximum absolute atomic E-state index is 12.4. The summed E-state index contributed by atoms with van der Waals surface area (Å²) in [4.78, 5) is 34.4. The number of nitrogens with zero attached hydrogens (tertiary/aromatic N) is 4. The van der Waals surface area contributed by atoms with Gasteiger partial charge in [0.25, 0.3) is 0 Å². The third-order valence-electron chi connectivity index (χ3n) is 7.16. The molecule has 2 aromatic rings. The van der Waals surface area contributed by atoms with E-state index in [1.54, 1.807) is 20.7 Å². The first-order chi connectivity index (χ1) is 17.6. The third-order valence-corrected chi connectivity index (χ3v) is 10.1. The molecule has 0 unspecified atom stereocenters. The van der Waals surface area contributed by atoms with Crippen LogP contribution in [0, 0.1) is 15.7 Å². The molecular weight excluding hydrogens is 525 g/mol. The van der Waals surface area contributed by atoms with E-state index >= 15 is 0 Å². The predicted molar refractivity (Wildman–Crippen MR) is 154 cm³/mol. The molecule has 0 radical (unpaired) electrons. The summed E-state index contributed by atoms with van der Waals surface area (Å²) >= 11 is 5.39. The first kappa shape index (κ1) is 28.2. The van der Waals surface area contributed by atoms with Crippen molar-refractivity contribution in [1.29, 1.82) is 0 Å². The van der Waals surface area contributed by atoms with Crippen LogP contribution in [0.1, 0.15) is 38.8 Å². The Bertz CT molecular complexity index is 1100. The number of carbonyl (C=O) groups is 2. The smallest absolute Gasteiger partial charge is 0.225 e. The van der Waals surface area contributed by atoms with Gasteiger partial charge in [0.15, 0.2) is 0 Å². The van der Waals surface area contributed by atoms with E-state index in [-0.39, 0.29) is 23.7 Å². The van der Waals surface area contributed by atoms with Crippen molar-refractivity contribution >= 4 is 44.7 Å². The Hall–Kier alpha value is -1.85. The van der Waals surface area contributed by atoms with Gasteiger partial charge in [0.05, 0.1) is 0 Å². The van der Waals surface area contributed by atoms with Gasteiger partial charge in [0.2, 0.25) is 11.8 Å². The summed E-state index contributed by atoms with van der Waals surface area (Å²) in [6, 6.07) is 6.23. The zero-order valence-electron chi connectivity index (χ0n) is 22.2. The largest absolute Gasteiger partial charge is 0.507 e. The molecule has 3 heterocycles. The summed E-state index contributed by atoms with van der Waals surface area (Å²) in [5.41, 5.74) is 2.91. The van der Waals surface area contributed by atoms with Gasteiger partial charge in [0, 0.05) is 93.3 Å². The van der Waals surface area contributed by atoms with Gasteiger partial charge in [0.1, 0.15) is 9.57 Å². The van der Waals surface area contributed by atoms with Crippen LogP contribution in [0.25, 0.3) is 10.4 Å². The zero-order valence-corrected chi connectivity index (χ0v) is 24.7. The van der Waals surface area contributed by atoms with E-state index in [0.29, 0.717) is 18.8 Å². The van der Waals surface area contributed by atoms with Crippen LogP contribution in [-0.4, -0.2) is 88.9 Å². The lowest BCUT2D eigenvalue weighted by Gasteiger charge is -2.36. The van der Waals surface area contributed by atoms with E-state index in [4.69, 9.17) is 12.2 Å². The molecule has 7 nitrogen and oxygen atoms in total. The molecule has 202 valence electrons. The van der Waals surface area contributed by atoms with Crippen LogP contribution in [0.15, 0.2) is 18.2 Å². The average molecular weight is 563 g/mol. The Morgan fingerprint density at radius 1 is 0.784 bits per heavy atom. The molecule has 0 atom stereocenters. The monoisotopic (exact) mass is 562 g/mol. The fraction of sp³-hybridized carbons (Fsp3) is 0.593. The highest BCUT2D eigenvalue weighted by Crippen LogP contribution is 2.36. The highest BCUT2D eigenvalue weighted by atomic mass is 32.9. The van der Waals surface area contributed by atoms with E-state index in [0.717, 1.165) is 77.7 Å². The number of hydrogen-bond donors (Lipinski definition) is 1. The van der Waals surface area contributed by atoms with Gasteiger partial charge in [-0.1, -0.05) is 60.6 Å². The van der Waals surface area contributed by atoms with Crippen molar-refractivity contribution in [1.82, 2.24) is 19.6 Å². The van der Waals surface area contributed by atoms with Crippen LogP contribution >= 0.6 is 32.9 Å². The second kappa shape index (κ2) is 12.3. The molecule has 0 bridgehead atoms. The van der Waals surface area contributed by atoms with Crippen molar-refractivity contribution in [2.75, 3.05) is 52.4 Å². The standard InChI is InChI=1S/C27H38N4O3S3/c1-18(2)26(33)30-9-5-28(6-10-30)16-21-13-20(23-15-24(35)37-36-23)14-22(25(21)32)17-29-7-11-31(12-8-29)27(34)19(3)4/h13-15,18-19,32H,5-12,16-17H2,1-4H3. The Balaban J connectivity index is 1.50. The first-order valence-electron chi connectivity index (χ1n) is 13.1. The van der Waals surface area contributed by atoms with E-state index in [9.17, 15) is 14.7 Å². The minimum Gasteiger partial charge on any atom is -0.507 e. The number of piperazine rings is 2. The van der Waals surface area contributed by atoms with Crippen LogP contribution in [0.5, 0.6) is 5.75 Å². The second-order valence-electron chi connectivity index (χ2n) is 10.6. The first-order valence-corrected chi connectivity index (χ1v) is 15.7. The summed E-state index contributed by atoms with van der Waals surface area (Å²) in [5, 5.41) is 11.4. The lowest BCUT2D eigenvalue weighted by molar-refractivity contribution is -0.137. The van der Waals surface area contributed by atoms with Crippen molar-refractivity contribution in [3.05, 3.63) is 33.1 Å². The Morgan fingerprint density at radius 3 is 1.57 bits per heavy atom. The molecule has 1 aromatic heterocycles. The number of phenolic OH excluding ortho intramolecular Hbond substituents is 1. The number of benzene rings is 1. The highest BCUT2D eigenvalue weighted by Gasteiger charge is 2.26. The van der Waals surface area contributed by atoms with E-state index in [1.807, 2.05) is 43.6 Å². The number of phenols is 1. The number of carbonyl (C=O) groups excluding carboxylic acids is 2. The van der Waals surface area contributed by atoms with Crippen molar-refractivity contribution in [2.24, 2.45) is 11.8 Å². The molecule has 0 aliphatic carbocycles. The fourth-order valence-electron chi connectivity index (χ4n) is 4.98. The van der Waals surface area contributed by atoms with Crippen LogP contribution in [0.3, 0.4) is 0 Å². The number of amides is 2. The quantitative estimate of drug-likeness (QED) is 0.396. The maximum Gasteiger partial charge on any atom is 0.225 e. The minimum atomic E-state index is 0.0151. The normalized spacial score (nSPS) is 17.7. The van der Waals surface area contributed by atoms with E-state index in [2.05, 4.69) is 21.9 Å². The molecule has 2 amide bonds. The molecular formula is C27H38N4O3S3. The van der Waals surface area contributed by atoms with Crippen LogP contribution in [0.2, 0.25) is 0 Å². The summed E-state index contributed by atoms with van der Waals surface area (Å²) in [6.45, 7) is 15.1. The molecule has 2 aliphatic rings. The lowest BCUT2D eigenvalue weighted by Crippen LogP contribution is -2.49. The lowest BCUT2D eigenvalue weighted by atomic mass is 10.0. The van der Waals surface area contributed by atoms with Gasteiger partial charge in [-0.05, 0) is 23.8 Å². The fourth-order valence-corrected chi connectivity index (χ4v) is 7.36. The van der Waals surface area contributed by atoms with Crippen LogP contribution < -0.4 is 0 Å². The molecule has 0 spiro atoms. The van der Waals surface area contributed by atoms with Gasteiger partial charge < -0.3 is 14.9 Å². The third kappa shape index (κ3) is 6.97. The zero-order chi connectivity index (χ0) is 26.7. The predicted octanol–water partition coefficient (Wildman–Crippen LogP) is 4.51. The maximum atomic E-state index is 12.4. The van der Waals surface area contributed by atoms with Crippen LogP contribution in [0.4, 0.5) is 0 Å². The summed E-state index contributed by atoms with van der Waals surface area (Å²) in [6.07, 6.45) is 0. The molecule has 2 saturated heterocycles. The number of rotatable bonds is 7. The molecule has 1 aromatic carbocycles. The molecule has 4 rings (SSSR count). The van der Waals surface area contributed by atoms with Crippen molar-refractivity contribution in [3.63, 3.8) is 0 Å². The van der Waals surface area contributed by atoms with Gasteiger partial charge in [-0.3, -0.25) is 19.4 Å². The SMILES string of the molecule is CC(C)C(=O)N1CCN(Cc2cc(-c3cc(=S)ss3)cc(CN3CCN(C(=O)C(C)C)CC3)c2O)CC1. The van der Waals surface area contributed by atoms with Crippen molar-refractivity contribution in [3.8, 4) is 16.2 Å². The van der Waals surface area contributed by atoms with E-state index < -0.39 is 0 Å². The second-order valence-corrected chi connectivity index (χ2v) is 13.6. The molecule has 2 aliphatic heterocycles. The van der Waals surface area contributed by atoms with E-state index in [1.165, 1.54) is 0 Å². The summed E-state index contributed by atoms with van der Waals surface area (Å²) < 4.78 is 0.869. The Morgan fingerprint density at radius 2 is 1.22 bits per heavy atom. The van der Waals surface area contributed by atoms with Gasteiger partial charge in [-0.15, -0.1) is 0 Å². The molecule has 1 N–H and O–H groups in total. The van der Waals surface area contributed by atoms with Gasteiger partial charge >= 0.3 is 0 Å². The number of hydrogen-bond acceptors (Lipinski definition) is 8. The van der Waals surface area contributed by atoms with Crippen LogP contribution in [-0.2, 0) is 22.7 Å². The van der Waals surface area contributed by atoms with Crippen molar-refractivity contribution in [2.45, 2.75) is 40.8 Å². The average Bonchev–Trinajstić information content (AvgIpc) is 3.32. The Labute approximate surface area is 232 Å². The van der Waals surface area contributed by atoms with Crippen molar-refractivity contribution < 1.29 is 14.7 Å². The molecule has 10 heteroatoms. The van der Waals surface area contributed by atoms with Gasteiger partial charge in [-0.25, -0.2) is 0 Å². The molecule has 37 heavy (non-hydrogen) atoms. The summed E-state index contributed by atoms with van der Waals surface area (Å²) in [5.74, 6) is 0.799. The Kier molecular flexibility index (Phi) is 9.39.